The van der Waals surface area contributed by atoms with Crippen LogP contribution in [0.25, 0.3) is 10.9 Å². The van der Waals surface area contributed by atoms with E-state index in [1.165, 1.54) is 6.92 Å². The number of aromatic amines is 1. The minimum Gasteiger partial charge on any atom is -0.360 e. The number of fused-ring (bicyclic) bond motifs is 1. The predicted octanol–water partition coefficient (Wildman–Crippen LogP) is 1.78. The van der Waals surface area contributed by atoms with E-state index in [1.807, 2.05) is 18.2 Å². The molecular formula is C12H13NO3S. The molecule has 5 heteroatoms. The van der Waals surface area contributed by atoms with Crippen LogP contribution in [-0.2, 0) is 9.84 Å². The van der Waals surface area contributed by atoms with Crippen LogP contribution in [0.1, 0.15) is 17.3 Å². The summed E-state index contributed by atoms with van der Waals surface area (Å²) >= 11 is 0. The average molecular weight is 251 g/mol. The highest BCUT2D eigenvalue weighted by molar-refractivity contribution is 7.92. The molecule has 0 aliphatic heterocycles. The zero-order chi connectivity index (χ0) is 12.6. The molecule has 1 N–H and O–H groups in total. The maximum absolute atomic E-state index is 12.1. The maximum Gasteiger partial charge on any atom is 0.182 e. The van der Waals surface area contributed by atoms with Crippen LogP contribution < -0.4 is 0 Å². The van der Waals surface area contributed by atoms with Crippen molar-refractivity contribution in [3.63, 3.8) is 0 Å². The van der Waals surface area contributed by atoms with Gasteiger partial charge in [-0.2, -0.15) is 0 Å². The van der Waals surface area contributed by atoms with E-state index in [4.69, 9.17) is 0 Å². The van der Waals surface area contributed by atoms with Crippen molar-refractivity contribution in [2.24, 2.45) is 0 Å². The van der Waals surface area contributed by atoms with Gasteiger partial charge in [-0.1, -0.05) is 18.2 Å². The van der Waals surface area contributed by atoms with E-state index in [-0.39, 0.29) is 5.78 Å². The monoisotopic (exact) mass is 251 g/mol. The van der Waals surface area contributed by atoms with Crippen LogP contribution in [0, 0.1) is 0 Å². The topological polar surface area (TPSA) is 67.0 Å². The number of hydrogen-bond donors (Lipinski definition) is 1. The second kappa shape index (κ2) is 4.00. The third-order valence-electron chi connectivity index (χ3n) is 2.87. The van der Waals surface area contributed by atoms with Gasteiger partial charge in [-0.3, -0.25) is 4.79 Å². The first-order valence-electron chi connectivity index (χ1n) is 5.20. The number of rotatable bonds is 3. The Hall–Kier alpha value is -1.62. The van der Waals surface area contributed by atoms with Crippen molar-refractivity contribution in [3.05, 3.63) is 36.0 Å². The largest absolute Gasteiger partial charge is 0.360 e. The Bertz CT molecular complexity index is 670. The van der Waals surface area contributed by atoms with E-state index < -0.39 is 15.1 Å². The van der Waals surface area contributed by atoms with Crippen LogP contribution in [-0.4, -0.2) is 30.7 Å². The summed E-state index contributed by atoms with van der Waals surface area (Å²) in [5.41, 5.74) is 1.26. The van der Waals surface area contributed by atoms with Crippen molar-refractivity contribution in [2.45, 2.75) is 12.2 Å². The first-order valence-corrected chi connectivity index (χ1v) is 7.16. The summed E-state index contributed by atoms with van der Waals surface area (Å²) in [5, 5.41) is -0.255. The fourth-order valence-corrected chi connectivity index (χ4v) is 2.20. The Morgan fingerprint density at radius 1 is 1.29 bits per heavy atom. The molecule has 2 aromatic rings. The van der Waals surface area contributed by atoms with E-state index in [0.29, 0.717) is 5.56 Å². The van der Waals surface area contributed by atoms with Crippen molar-refractivity contribution in [3.8, 4) is 0 Å². The van der Waals surface area contributed by atoms with Crippen molar-refractivity contribution in [1.82, 2.24) is 4.98 Å². The van der Waals surface area contributed by atoms with E-state index in [0.717, 1.165) is 17.2 Å². The first kappa shape index (κ1) is 11.9. The second-order valence-corrected chi connectivity index (χ2v) is 6.45. The number of hydrogen-bond acceptors (Lipinski definition) is 3. The summed E-state index contributed by atoms with van der Waals surface area (Å²) in [6, 6.07) is 7.32. The van der Waals surface area contributed by atoms with Gasteiger partial charge < -0.3 is 4.98 Å². The van der Waals surface area contributed by atoms with Gasteiger partial charge in [0.05, 0.1) is 0 Å². The normalized spacial score (nSPS) is 13.8. The molecule has 90 valence electrons. The molecule has 17 heavy (non-hydrogen) atoms. The summed E-state index contributed by atoms with van der Waals surface area (Å²) in [7, 11) is -3.36. The molecule has 0 amide bonds. The summed E-state index contributed by atoms with van der Waals surface area (Å²) in [6.45, 7) is 1.42. The van der Waals surface area contributed by atoms with Gasteiger partial charge in [0.1, 0.15) is 5.25 Å². The molecule has 1 unspecified atom stereocenters. The number of carbonyl (C=O) groups excluding carboxylic acids is 1. The van der Waals surface area contributed by atoms with E-state index >= 15 is 0 Å². The highest BCUT2D eigenvalue weighted by atomic mass is 32.2. The molecular weight excluding hydrogens is 238 g/mol. The molecule has 0 saturated carbocycles. The lowest BCUT2D eigenvalue weighted by Crippen LogP contribution is -2.26. The van der Waals surface area contributed by atoms with Gasteiger partial charge in [-0.15, -0.1) is 0 Å². The Balaban J connectivity index is 2.51. The molecule has 0 saturated heterocycles. The van der Waals surface area contributed by atoms with Crippen LogP contribution in [0.5, 0.6) is 0 Å². The van der Waals surface area contributed by atoms with Crippen molar-refractivity contribution < 1.29 is 13.2 Å². The smallest absolute Gasteiger partial charge is 0.182 e. The third-order valence-corrected chi connectivity index (χ3v) is 4.36. The standard InChI is InChI=1S/C12H13NO3S/c1-8(17(2,15)16)12(14)10-7-13-11-6-4-3-5-9(10)11/h3-8,13H,1-2H3. The zero-order valence-corrected chi connectivity index (χ0v) is 10.4. The molecule has 4 nitrogen and oxygen atoms in total. The van der Waals surface area contributed by atoms with Crippen LogP contribution in [0.15, 0.2) is 30.5 Å². The van der Waals surface area contributed by atoms with Crippen LogP contribution in [0.4, 0.5) is 0 Å². The van der Waals surface area contributed by atoms with Gasteiger partial charge in [0.2, 0.25) is 0 Å². The maximum atomic E-state index is 12.1. The number of sulfone groups is 1. The molecule has 1 heterocycles. The second-order valence-electron chi connectivity index (χ2n) is 4.08. The lowest BCUT2D eigenvalue weighted by molar-refractivity contribution is 0.0993. The number of Topliss-reactive ketones (excluding diaryl/α,β-unsaturated/α-hetero) is 1. The van der Waals surface area contributed by atoms with Gasteiger partial charge in [0, 0.05) is 28.9 Å². The lowest BCUT2D eigenvalue weighted by atomic mass is 10.1. The quantitative estimate of drug-likeness (QED) is 0.845. The Kier molecular flexibility index (Phi) is 2.79. The fourth-order valence-electron chi connectivity index (χ4n) is 1.69. The highest BCUT2D eigenvalue weighted by Crippen LogP contribution is 2.20. The van der Waals surface area contributed by atoms with Gasteiger partial charge in [0.15, 0.2) is 15.6 Å². The molecule has 0 aliphatic carbocycles. The minimum absolute atomic E-state index is 0.370. The molecule has 0 spiro atoms. The van der Waals surface area contributed by atoms with E-state index in [2.05, 4.69) is 4.98 Å². The number of aromatic nitrogens is 1. The van der Waals surface area contributed by atoms with Gasteiger partial charge in [-0.25, -0.2) is 8.42 Å². The Morgan fingerprint density at radius 2 is 1.94 bits per heavy atom. The fraction of sp³-hybridized carbons (Fsp3) is 0.250. The number of carbonyl (C=O) groups is 1. The number of nitrogens with one attached hydrogen (secondary N) is 1. The van der Waals surface area contributed by atoms with Gasteiger partial charge in [-0.05, 0) is 13.0 Å². The average Bonchev–Trinajstić information content (AvgIpc) is 2.69. The molecule has 1 atom stereocenters. The highest BCUT2D eigenvalue weighted by Gasteiger charge is 2.26. The van der Waals surface area contributed by atoms with E-state index in [1.54, 1.807) is 12.3 Å². The van der Waals surface area contributed by atoms with Crippen LogP contribution in [0.2, 0.25) is 0 Å². The number of ketones is 1. The Labute approximate surface area is 99.6 Å². The summed E-state index contributed by atoms with van der Waals surface area (Å²) < 4.78 is 22.7. The van der Waals surface area contributed by atoms with Crippen LogP contribution >= 0.6 is 0 Å². The van der Waals surface area contributed by atoms with Crippen LogP contribution in [0.3, 0.4) is 0 Å². The minimum atomic E-state index is -3.36. The first-order chi connectivity index (χ1) is 7.91. The number of para-hydroxylation sites is 1. The van der Waals surface area contributed by atoms with Crippen molar-refractivity contribution in [2.75, 3.05) is 6.26 Å². The SMILES string of the molecule is CC(C(=O)c1c[nH]c2ccccc12)S(C)(=O)=O. The van der Waals surface area contributed by atoms with E-state index in [9.17, 15) is 13.2 Å². The van der Waals surface area contributed by atoms with Gasteiger partial charge >= 0.3 is 0 Å². The zero-order valence-electron chi connectivity index (χ0n) is 9.60. The molecule has 0 radical (unpaired) electrons. The Morgan fingerprint density at radius 3 is 2.59 bits per heavy atom. The molecule has 0 aliphatic rings. The molecule has 0 bridgehead atoms. The predicted molar refractivity (Wildman–Crippen MR) is 66.9 cm³/mol. The summed E-state index contributed by atoms with van der Waals surface area (Å²) in [6.07, 6.45) is 2.64. The lowest BCUT2D eigenvalue weighted by Gasteiger charge is -2.06. The van der Waals surface area contributed by atoms with Crippen molar-refractivity contribution >= 4 is 26.5 Å². The molecule has 2 rings (SSSR count). The summed E-state index contributed by atoms with van der Waals surface area (Å²) in [4.78, 5) is 15.0. The van der Waals surface area contributed by atoms with Gasteiger partial charge in [0.25, 0.3) is 0 Å². The number of benzene rings is 1. The molecule has 1 aromatic carbocycles. The van der Waals surface area contributed by atoms with Crippen molar-refractivity contribution in [1.29, 1.82) is 0 Å². The molecule has 0 fully saturated rings. The number of H-pyrrole nitrogens is 1. The third kappa shape index (κ3) is 2.10. The molecule has 1 aromatic heterocycles. The summed E-state index contributed by atoms with van der Waals surface area (Å²) in [5.74, 6) is -0.370.